The van der Waals surface area contributed by atoms with Crippen molar-refractivity contribution in [2.24, 2.45) is 0 Å². The maximum absolute atomic E-state index is 8.62. The molecule has 0 saturated heterocycles. The molecule has 0 saturated carbocycles. The summed E-state index contributed by atoms with van der Waals surface area (Å²) in [4.78, 5) is 0. The van der Waals surface area contributed by atoms with Gasteiger partial charge in [-0.15, -0.1) is 0 Å². The zero-order valence-corrected chi connectivity index (χ0v) is 11.2. The van der Waals surface area contributed by atoms with Gasteiger partial charge in [-0.05, 0) is 24.3 Å². The summed E-state index contributed by atoms with van der Waals surface area (Å²) in [5, 5.41) is 8.62. The molecule has 19 heavy (non-hydrogen) atoms. The summed E-state index contributed by atoms with van der Waals surface area (Å²) in [6, 6.07) is 7.53. The molecule has 1 aromatic rings. The lowest BCUT2D eigenvalue weighted by atomic mass is 10.2. The Morgan fingerprint density at radius 3 is 2.47 bits per heavy atom. The number of ether oxygens (including phenoxy) is 3. The van der Waals surface area contributed by atoms with Crippen LogP contribution in [0.4, 0.5) is 0 Å². The van der Waals surface area contributed by atoms with Crippen LogP contribution in [0.3, 0.4) is 0 Å². The van der Waals surface area contributed by atoms with E-state index in [-0.39, 0.29) is 6.61 Å². The van der Waals surface area contributed by atoms with Crippen LogP contribution in [-0.4, -0.2) is 45.3 Å². The summed E-state index contributed by atoms with van der Waals surface area (Å²) in [6.45, 7) is 2.33. The average Bonchev–Trinajstić information content (AvgIpc) is 2.44. The van der Waals surface area contributed by atoms with E-state index in [1.54, 1.807) is 7.11 Å². The lowest BCUT2D eigenvalue weighted by Crippen LogP contribution is -2.09. The minimum atomic E-state index is 0.0945. The van der Waals surface area contributed by atoms with Gasteiger partial charge in [-0.3, -0.25) is 0 Å². The lowest BCUT2D eigenvalue weighted by molar-refractivity contribution is 0.0544. The summed E-state index contributed by atoms with van der Waals surface area (Å²) in [5.74, 6) is 6.62. The van der Waals surface area contributed by atoms with Crippen LogP contribution < -0.4 is 4.74 Å². The Kier molecular flexibility index (Phi) is 8.48. The molecule has 0 heterocycles. The first-order chi connectivity index (χ1) is 9.36. The first-order valence-corrected chi connectivity index (χ1v) is 6.26. The van der Waals surface area contributed by atoms with Crippen LogP contribution in [0.15, 0.2) is 24.3 Å². The van der Waals surface area contributed by atoms with E-state index in [0.717, 1.165) is 11.3 Å². The number of hydrogen-bond donors (Lipinski definition) is 1. The molecule has 0 bridgehead atoms. The van der Waals surface area contributed by atoms with Crippen molar-refractivity contribution in [1.29, 1.82) is 0 Å². The molecule has 0 aliphatic rings. The van der Waals surface area contributed by atoms with E-state index < -0.39 is 0 Å². The number of aliphatic hydroxyl groups is 1. The van der Waals surface area contributed by atoms with Crippen molar-refractivity contribution in [2.75, 3.05) is 40.1 Å². The highest BCUT2D eigenvalue weighted by atomic mass is 16.5. The van der Waals surface area contributed by atoms with Gasteiger partial charge in [0, 0.05) is 19.1 Å². The third kappa shape index (κ3) is 7.47. The van der Waals surface area contributed by atoms with Gasteiger partial charge in [0.05, 0.1) is 26.4 Å². The summed E-state index contributed by atoms with van der Waals surface area (Å²) in [6.07, 6.45) is 0.497. The highest BCUT2D eigenvalue weighted by Gasteiger charge is 1.94. The topological polar surface area (TPSA) is 47.9 Å². The van der Waals surface area contributed by atoms with Gasteiger partial charge in [0.1, 0.15) is 12.4 Å². The van der Waals surface area contributed by atoms with E-state index in [2.05, 4.69) is 11.8 Å². The Morgan fingerprint density at radius 1 is 1.05 bits per heavy atom. The van der Waals surface area contributed by atoms with Gasteiger partial charge < -0.3 is 19.3 Å². The first-order valence-electron chi connectivity index (χ1n) is 6.26. The van der Waals surface area contributed by atoms with Crippen LogP contribution >= 0.6 is 0 Å². The molecule has 0 atom stereocenters. The molecule has 0 aliphatic heterocycles. The quantitative estimate of drug-likeness (QED) is 0.570. The minimum Gasteiger partial charge on any atom is -0.491 e. The number of benzene rings is 1. The largest absolute Gasteiger partial charge is 0.491 e. The van der Waals surface area contributed by atoms with Crippen LogP contribution in [0.25, 0.3) is 0 Å². The normalized spacial score (nSPS) is 9.79. The Labute approximate surface area is 114 Å². The third-order valence-corrected chi connectivity index (χ3v) is 2.25. The third-order valence-electron chi connectivity index (χ3n) is 2.25. The monoisotopic (exact) mass is 264 g/mol. The predicted molar refractivity (Wildman–Crippen MR) is 73.2 cm³/mol. The van der Waals surface area contributed by atoms with Gasteiger partial charge in [-0.2, -0.15) is 0 Å². The standard InChI is InChI=1S/C15H20O4/c1-17-10-11-18-12-13-19-15-7-5-14(6-8-15)4-2-3-9-16/h5-8,16H,3,9-13H2,1H3. The fourth-order valence-corrected chi connectivity index (χ4v) is 1.32. The maximum atomic E-state index is 8.62. The fourth-order valence-electron chi connectivity index (χ4n) is 1.32. The second kappa shape index (κ2) is 10.4. The number of aliphatic hydroxyl groups excluding tert-OH is 1. The molecular weight excluding hydrogens is 244 g/mol. The first kappa shape index (κ1) is 15.5. The molecule has 0 aromatic heterocycles. The fraction of sp³-hybridized carbons (Fsp3) is 0.467. The highest BCUT2D eigenvalue weighted by Crippen LogP contribution is 2.11. The summed E-state index contributed by atoms with van der Waals surface area (Å²) in [7, 11) is 1.64. The average molecular weight is 264 g/mol. The molecule has 4 nitrogen and oxygen atoms in total. The van der Waals surface area contributed by atoms with Gasteiger partial charge in [-0.1, -0.05) is 11.8 Å². The van der Waals surface area contributed by atoms with Gasteiger partial charge in [-0.25, -0.2) is 0 Å². The van der Waals surface area contributed by atoms with Crippen molar-refractivity contribution in [2.45, 2.75) is 6.42 Å². The van der Waals surface area contributed by atoms with Crippen LogP contribution in [0.2, 0.25) is 0 Å². The van der Waals surface area contributed by atoms with E-state index in [1.807, 2.05) is 24.3 Å². The van der Waals surface area contributed by atoms with Crippen molar-refractivity contribution in [3.8, 4) is 17.6 Å². The molecule has 0 spiro atoms. The molecule has 0 aliphatic carbocycles. The van der Waals surface area contributed by atoms with E-state index in [4.69, 9.17) is 19.3 Å². The Hall–Kier alpha value is -1.54. The predicted octanol–water partition coefficient (Wildman–Crippen LogP) is 1.46. The molecule has 0 fully saturated rings. The molecule has 0 unspecified atom stereocenters. The Bertz CT molecular complexity index is 389. The Morgan fingerprint density at radius 2 is 1.79 bits per heavy atom. The summed E-state index contributed by atoms with van der Waals surface area (Å²) in [5.41, 5.74) is 0.914. The summed E-state index contributed by atoms with van der Waals surface area (Å²) >= 11 is 0. The second-order valence-electron chi connectivity index (χ2n) is 3.75. The van der Waals surface area contributed by atoms with Gasteiger partial charge >= 0.3 is 0 Å². The zero-order chi connectivity index (χ0) is 13.8. The van der Waals surface area contributed by atoms with E-state index in [0.29, 0.717) is 32.8 Å². The van der Waals surface area contributed by atoms with Crippen molar-refractivity contribution in [3.63, 3.8) is 0 Å². The van der Waals surface area contributed by atoms with Gasteiger partial charge in [0.25, 0.3) is 0 Å². The van der Waals surface area contributed by atoms with Crippen LogP contribution in [-0.2, 0) is 9.47 Å². The van der Waals surface area contributed by atoms with Gasteiger partial charge in [0.15, 0.2) is 0 Å². The number of methoxy groups -OCH3 is 1. The van der Waals surface area contributed by atoms with Crippen molar-refractivity contribution in [3.05, 3.63) is 29.8 Å². The van der Waals surface area contributed by atoms with E-state index >= 15 is 0 Å². The van der Waals surface area contributed by atoms with E-state index in [1.165, 1.54) is 0 Å². The molecule has 0 radical (unpaired) electrons. The Balaban J connectivity index is 2.23. The molecule has 1 rings (SSSR count). The van der Waals surface area contributed by atoms with Crippen LogP contribution in [0.1, 0.15) is 12.0 Å². The van der Waals surface area contributed by atoms with Crippen LogP contribution in [0, 0.1) is 11.8 Å². The van der Waals surface area contributed by atoms with Crippen molar-refractivity contribution < 1.29 is 19.3 Å². The zero-order valence-electron chi connectivity index (χ0n) is 11.2. The number of hydrogen-bond acceptors (Lipinski definition) is 4. The highest BCUT2D eigenvalue weighted by molar-refractivity contribution is 5.38. The van der Waals surface area contributed by atoms with Gasteiger partial charge in [0.2, 0.25) is 0 Å². The molecule has 1 aromatic carbocycles. The minimum absolute atomic E-state index is 0.0945. The summed E-state index contributed by atoms with van der Waals surface area (Å²) < 4.78 is 15.7. The molecule has 104 valence electrons. The van der Waals surface area contributed by atoms with Crippen molar-refractivity contribution >= 4 is 0 Å². The van der Waals surface area contributed by atoms with Crippen LogP contribution in [0.5, 0.6) is 5.75 Å². The number of rotatable bonds is 8. The molecule has 0 amide bonds. The molecule has 1 N–H and O–H groups in total. The van der Waals surface area contributed by atoms with E-state index in [9.17, 15) is 0 Å². The molecular formula is C15H20O4. The SMILES string of the molecule is COCCOCCOc1ccc(C#CCCO)cc1. The molecule has 4 heteroatoms. The van der Waals surface area contributed by atoms with Crippen molar-refractivity contribution in [1.82, 2.24) is 0 Å². The second-order valence-corrected chi connectivity index (χ2v) is 3.75. The maximum Gasteiger partial charge on any atom is 0.119 e. The smallest absolute Gasteiger partial charge is 0.119 e. The lowest BCUT2D eigenvalue weighted by Gasteiger charge is -2.06.